The fraction of sp³-hybridized carbons (Fsp3) is 0.200. The van der Waals surface area contributed by atoms with Crippen molar-refractivity contribution < 1.29 is 19.4 Å². The zero-order valence-corrected chi connectivity index (χ0v) is 17.8. The van der Waals surface area contributed by atoms with Crippen LogP contribution >= 0.6 is 11.6 Å². The number of rotatable bonds is 6. The van der Waals surface area contributed by atoms with Crippen LogP contribution in [0.1, 0.15) is 22.6 Å². The standard InChI is InChI=1S/C25H22ClNO4/c1-27(23(24(28)29)14-16-8-2-7-13-22(16)26)25(30)31-15-21-19-11-5-3-9-17(19)18-10-4-6-12-20(18)21/h2-13,21,23H,14-15H2,1H3,(H,28,29)/t23-/m1/s1. The number of benzene rings is 3. The highest BCUT2D eigenvalue weighted by atomic mass is 35.5. The molecule has 1 amide bonds. The number of carboxylic acids is 1. The third kappa shape index (κ3) is 4.14. The maximum absolute atomic E-state index is 12.8. The molecule has 3 aromatic rings. The molecule has 5 nitrogen and oxygen atoms in total. The van der Waals surface area contributed by atoms with Crippen LogP contribution in [0.3, 0.4) is 0 Å². The van der Waals surface area contributed by atoms with E-state index < -0.39 is 18.1 Å². The minimum Gasteiger partial charge on any atom is -0.480 e. The molecule has 0 aliphatic heterocycles. The fourth-order valence-electron chi connectivity index (χ4n) is 4.09. The molecule has 1 atom stereocenters. The minimum absolute atomic E-state index is 0.0865. The largest absolute Gasteiger partial charge is 0.480 e. The molecule has 0 saturated carbocycles. The number of likely N-dealkylation sites (N-methyl/N-ethyl adjacent to an activating group) is 1. The smallest absolute Gasteiger partial charge is 0.410 e. The van der Waals surface area contributed by atoms with Crippen LogP contribution in [0.15, 0.2) is 72.8 Å². The second-order valence-electron chi connectivity index (χ2n) is 7.56. The lowest BCUT2D eigenvalue weighted by atomic mass is 9.98. The Morgan fingerprint density at radius 1 is 0.968 bits per heavy atom. The van der Waals surface area contributed by atoms with E-state index in [1.165, 1.54) is 7.05 Å². The number of hydrogen-bond donors (Lipinski definition) is 1. The monoisotopic (exact) mass is 435 g/mol. The van der Waals surface area contributed by atoms with Crippen molar-refractivity contribution in [2.45, 2.75) is 18.4 Å². The Bertz CT molecular complexity index is 1080. The number of amides is 1. The van der Waals surface area contributed by atoms with Gasteiger partial charge in [-0.3, -0.25) is 4.90 Å². The van der Waals surface area contributed by atoms with E-state index in [2.05, 4.69) is 12.1 Å². The molecule has 3 aromatic carbocycles. The number of aliphatic carboxylic acids is 1. The number of hydrogen-bond acceptors (Lipinski definition) is 3. The Morgan fingerprint density at radius 2 is 1.52 bits per heavy atom. The first kappa shape index (κ1) is 20.9. The van der Waals surface area contributed by atoms with Gasteiger partial charge in [-0.2, -0.15) is 0 Å². The quantitative estimate of drug-likeness (QED) is 0.576. The average Bonchev–Trinajstić information content (AvgIpc) is 3.10. The predicted molar refractivity (Wildman–Crippen MR) is 119 cm³/mol. The summed E-state index contributed by atoms with van der Waals surface area (Å²) in [5, 5.41) is 10.2. The highest BCUT2D eigenvalue weighted by Crippen LogP contribution is 2.44. The summed E-state index contributed by atoms with van der Waals surface area (Å²) in [7, 11) is 1.44. The molecule has 1 aliphatic carbocycles. The van der Waals surface area contributed by atoms with Crippen LogP contribution < -0.4 is 0 Å². The molecule has 0 unspecified atom stereocenters. The lowest BCUT2D eigenvalue weighted by molar-refractivity contribution is -0.142. The highest BCUT2D eigenvalue weighted by Gasteiger charge is 2.32. The normalized spacial score (nSPS) is 13.2. The van der Waals surface area contributed by atoms with Crippen LogP contribution in [0.4, 0.5) is 4.79 Å². The molecule has 1 aliphatic rings. The van der Waals surface area contributed by atoms with Crippen LogP contribution in [-0.4, -0.2) is 41.8 Å². The molecular formula is C25H22ClNO4. The van der Waals surface area contributed by atoms with Crippen molar-refractivity contribution >= 4 is 23.7 Å². The van der Waals surface area contributed by atoms with Crippen LogP contribution in [0.5, 0.6) is 0 Å². The van der Waals surface area contributed by atoms with Gasteiger partial charge in [0.25, 0.3) is 0 Å². The number of fused-ring (bicyclic) bond motifs is 3. The molecule has 6 heteroatoms. The molecule has 31 heavy (non-hydrogen) atoms. The average molecular weight is 436 g/mol. The topological polar surface area (TPSA) is 66.8 Å². The molecule has 0 bridgehead atoms. The van der Waals surface area contributed by atoms with Gasteiger partial charge in [0.2, 0.25) is 0 Å². The van der Waals surface area contributed by atoms with E-state index in [1.807, 2.05) is 36.4 Å². The molecule has 158 valence electrons. The van der Waals surface area contributed by atoms with Crippen LogP contribution in [0.25, 0.3) is 11.1 Å². The van der Waals surface area contributed by atoms with Crippen molar-refractivity contribution in [3.63, 3.8) is 0 Å². The number of carbonyl (C=O) groups excluding carboxylic acids is 1. The van der Waals surface area contributed by atoms with E-state index in [0.29, 0.717) is 10.6 Å². The molecule has 4 rings (SSSR count). The lowest BCUT2D eigenvalue weighted by Crippen LogP contribution is -2.44. The number of ether oxygens (including phenoxy) is 1. The van der Waals surface area contributed by atoms with Crippen LogP contribution in [0.2, 0.25) is 5.02 Å². The van der Waals surface area contributed by atoms with Gasteiger partial charge >= 0.3 is 12.1 Å². The van der Waals surface area contributed by atoms with Gasteiger partial charge in [-0.1, -0.05) is 78.3 Å². The lowest BCUT2D eigenvalue weighted by Gasteiger charge is -2.25. The summed E-state index contributed by atoms with van der Waals surface area (Å²) in [6.45, 7) is 0.135. The van der Waals surface area contributed by atoms with E-state index in [-0.39, 0.29) is 18.9 Å². The number of nitrogens with zero attached hydrogens (tertiary/aromatic N) is 1. The van der Waals surface area contributed by atoms with E-state index in [0.717, 1.165) is 27.2 Å². The Balaban J connectivity index is 1.49. The summed E-state index contributed by atoms with van der Waals surface area (Å²) < 4.78 is 5.59. The van der Waals surface area contributed by atoms with Crippen molar-refractivity contribution in [3.05, 3.63) is 94.5 Å². The zero-order valence-electron chi connectivity index (χ0n) is 17.0. The van der Waals surface area contributed by atoms with Gasteiger partial charge in [0.1, 0.15) is 12.6 Å². The molecule has 0 aromatic heterocycles. The Morgan fingerprint density at radius 3 is 2.10 bits per heavy atom. The SMILES string of the molecule is CN(C(=O)OCC1c2ccccc2-c2ccccc21)[C@H](Cc1ccccc1Cl)C(=O)O. The van der Waals surface area contributed by atoms with Gasteiger partial charge in [-0.25, -0.2) is 9.59 Å². The maximum Gasteiger partial charge on any atom is 0.410 e. The second-order valence-corrected chi connectivity index (χ2v) is 7.97. The van der Waals surface area contributed by atoms with E-state index in [9.17, 15) is 14.7 Å². The summed E-state index contributed by atoms with van der Waals surface area (Å²) in [6.07, 6.45) is -0.586. The molecule has 0 heterocycles. The van der Waals surface area contributed by atoms with Crippen molar-refractivity contribution in [1.82, 2.24) is 4.90 Å². The third-order valence-corrected chi connectivity index (χ3v) is 6.12. The summed E-state index contributed by atoms with van der Waals surface area (Å²) in [5.74, 6) is -1.20. The summed E-state index contributed by atoms with van der Waals surface area (Å²) in [5.41, 5.74) is 5.13. The van der Waals surface area contributed by atoms with Gasteiger partial charge in [0.15, 0.2) is 0 Å². The molecule has 0 fully saturated rings. The molecular weight excluding hydrogens is 414 g/mol. The van der Waals surface area contributed by atoms with E-state index >= 15 is 0 Å². The van der Waals surface area contributed by atoms with Crippen LogP contribution in [-0.2, 0) is 16.0 Å². The summed E-state index contributed by atoms with van der Waals surface area (Å²) >= 11 is 6.17. The highest BCUT2D eigenvalue weighted by molar-refractivity contribution is 6.31. The van der Waals surface area contributed by atoms with E-state index in [4.69, 9.17) is 16.3 Å². The van der Waals surface area contributed by atoms with Gasteiger partial charge in [-0.05, 0) is 33.9 Å². The number of carboxylic acid groups (broad SMARTS) is 1. The van der Waals surface area contributed by atoms with Gasteiger partial charge in [0.05, 0.1) is 0 Å². The first-order valence-electron chi connectivity index (χ1n) is 10.0. The maximum atomic E-state index is 12.8. The Labute approximate surface area is 185 Å². The van der Waals surface area contributed by atoms with Gasteiger partial charge in [0, 0.05) is 24.4 Å². The fourth-order valence-corrected chi connectivity index (χ4v) is 4.30. The zero-order chi connectivity index (χ0) is 22.0. The molecule has 0 spiro atoms. The molecule has 1 N–H and O–H groups in total. The number of carbonyl (C=O) groups is 2. The van der Waals surface area contributed by atoms with E-state index in [1.54, 1.807) is 24.3 Å². The van der Waals surface area contributed by atoms with Gasteiger partial charge < -0.3 is 9.84 Å². The first-order valence-corrected chi connectivity index (χ1v) is 10.4. The third-order valence-electron chi connectivity index (χ3n) is 5.75. The van der Waals surface area contributed by atoms with Crippen molar-refractivity contribution in [3.8, 4) is 11.1 Å². The number of halogens is 1. The molecule has 0 saturated heterocycles. The van der Waals surface area contributed by atoms with Gasteiger partial charge in [-0.15, -0.1) is 0 Å². The van der Waals surface area contributed by atoms with Crippen molar-refractivity contribution in [1.29, 1.82) is 0 Å². The first-order chi connectivity index (χ1) is 15.0. The summed E-state index contributed by atoms with van der Waals surface area (Å²) in [4.78, 5) is 25.7. The minimum atomic E-state index is -1.11. The molecule has 0 radical (unpaired) electrons. The van der Waals surface area contributed by atoms with Crippen molar-refractivity contribution in [2.75, 3.05) is 13.7 Å². The second kappa shape index (κ2) is 8.82. The Kier molecular flexibility index (Phi) is 5.96. The Hall–Kier alpha value is -3.31. The summed E-state index contributed by atoms with van der Waals surface area (Å²) in [6, 6.07) is 22.0. The van der Waals surface area contributed by atoms with Crippen LogP contribution in [0, 0.1) is 0 Å². The van der Waals surface area contributed by atoms with Crippen molar-refractivity contribution in [2.24, 2.45) is 0 Å². The predicted octanol–water partition coefficient (Wildman–Crippen LogP) is 5.22.